The van der Waals surface area contributed by atoms with Gasteiger partial charge in [0.25, 0.3) is 0 Å². The lowest BCUT2D eigenvalue weighted by Gasteiger charge is -2.05. The van der Waals surface area contributed by atoms with E-state index in [9.17, 15) is 9.18 Å². The molecule has 1 aromatic carbocycles. The zero-order valence-corrected chi connectivity index (χ0v) is 9.55. The van der Waals surface area contributed by atoms with Gasteiger partial charge in [-0.1, -0.05) is 11.6 Å². The smallest absolute Gasteiger partial charge is 0.179 e. The average Bonchev–Trinajstić information content (AvgIpc) is 2.27. The van der Waals surface area contributed by atoms with E-state index in [2.05, 4.69) is 5.32 Å². The third-order valence-corrected chi connectivity index (χ3v) is 2.19. The van der Waals surface area contributed by atoms with Gasteiger partial charge in [0.1, 0.15) is 5.82 Å². The first-order chi connectivity index (χ1) is 7.65. The highest BCUT2D eigenvalue weighted by Crippen LogP contribution is 2.10. The number of rotatable bonds is 6. The SMILES string of the molecule is COCCNCC(=O)c1cc(C)ccc1F. The van der Waals surface area contributed by atoms with Gasteiger partial charge in [0.05, 0.1) is 18.7 Å². The monoisotopic (exact) mass is 225 g/mol. The molecular formula is C12H16FNO2. The van der Waals surface area contributed by atoms with Gasteiger partial charge in [0.2, 0.25) is 0 Å². The molecule has 16 heavy (non-hydrogen) atoms. The van der Waals surface area contributed by atoms with E-state index in [1.807, 2.05) is 6.92 Å². The molecule has 4 heteroatoms. The number of nitrogens with one attached hydrogen (secondary N) is 1. The quantitative estimate of drug-likeness (QED) is 0.589. The van der Waals surface area contributed by atoms with Gasteiger partial charge in [-0.3, -0.25) is 4.79 Å². The zero-order valence-electron chi connectivity index (χ0n) is 9.55. The first-order valence-electron chi connectivity index (χ1n) is 5.14. The second-order valence-electron chi connectivity index (χ2n) is 3.58. The molecule has 0 atom stereocenters. The van der Waals surface area contributed by atoms with Crippen LogP contribution in [0, 0.1) is 12.7 Å². The summed E-state index contributed by atoms with van der Waals surface area (Å²) < 4.78 is 18.1. The third kappa shape index (κ3) is 3.72. The molecule has 0 aromatic heterocycles. The van der Waals surface area contributed by atoms with E-state index in [-0.39, 0.29) is 17.9 Å². The van der Waals surface area contributed by atoms with E-state index < -0.39 is 5.82 Å². The zero-order chi connectivity index (χ0) is 12.0. The van der Waals surface area contributed by atoms with Crippen LogP contribution in [0.3, 0.4) is 0 Å². The van der Waals surface area contributed by atoms with Crippen LogP contribution in [-0.2, 0) is 4.74 Å². The molecule has 0 aliphatic heterocycles. The number of ether oxygens (including phenoxy) is 1. The van der Waals surface area contributed by atoms with Crippen molar-refractivity contribution in [3.05, 3.63) is 35.1 Å². The van der Waals surface area contributed by atoms with Gasteiger partial charge in [-0.05, 0) is 19.1 Å². The van der Waals surface area contributed by atoms with Crippen LogP contribution in [-0.4, -0.2) is 32.6 Å². The Morgan fingerprint density at radius 1 is 1.50 bits per heavy atom. The fourth-order valence-electron chi connectivity index (χ4n) is 1.32. The predicted molar refractivity (Wildman–Crippen MR) is 60.2 cm³/mol. The molecule has 1 N–H and O–H groups in total. The van der Waals surface area contributed by atoms with Crippen molar-refractivity contribution in [1.82, 2.24) is 5.32 Å². The fourth-order valence-corrected chi connectivity index (χ4v) is 1.32. The number of carbonyl (C=O) groups excluding carboxylic acids is 1. The minimum atomic E-state index is -0.468. The standard InChI is InChI=1S/C12H16FNO2/c1-9-3-4-11(13)10(7-9)12(15)8-14-5-6-16-2/h3-4,7,14H,5-6,8H2,1-2H3. The van der Waals surface area contributed by atoms with Crippen LogP contribution in [0.5, 0.6) is 0 Å². The number of ketones is 1. The van der Waals surface area contributed by atoms with Crippen molar-refractivity contribution in [1.29, 1.82) is 0 Å². The van der Waals surface area contributed by atoms with Crippen LogP contribution in [0.15, 0.2) is 18.2 Å². The van der Waals surface area contributed by atoms with Crippen LogP contribution in [0.4, 0.5) is 4.39 Å². The van der Waals surface area contributed by atoms with Crippen molar-refractivity contribution in [3.8, 4) is 0 Å². The van der Waals surface area contributed by atoms with E-state index in [0.29, 0.717) is 13.2 Å². The number of hydrogen-bond donors (Lipinski definition) is 1. The van der Waals surface area contributed by atoms with Crippen molar-refractivity contribution >= 4 is 5.78 Å². The summed E-state index contributed by atoms with van der Waals surface area (Å²) >= 11 is 0. The highest BCUT2D eigenvalue weighted by molar-refractivity contribution is 5.98. The molecule has 0 aliphatic rings. The second-order valence-corrected chi connectivity index (χ2v) is 3.58. The lowest BCUT2D eigenvalue weighted by atomic mass is 10.1. The Balaban J connectivity index is 2.55. The number of carbonyl (C=O) groups is 1. The van der Waals surface area contributed by atoms with Gasteiger partial charge >= 0.3 is 0 Å². The molecule has 0 unspecified atom stereocenters. The topological polar surface area (TPSA) is 38.3 Å². The number of Topliss-reactive ketones (excluding diaryl/α,β-unsaturated/α-hetero) is 1. The lowest BCUT2D eigenvalue weighted by Crippen LogP contribution is -2.26. The van der Waals surface area contributed by atoms with Crippen LogP contribution in [0.1, 0.15) is 15.9 Å². The first kappa shape index (κ1) is 12.8. The van der Waals surface area contributed by atoms with Crippen molar-refractivity contribution in [2.24, 2.45) is 0 Å². The second kappa shape index (κ2) is 6.35. The van der Waals surface area contributed by atoms with Crippen molar-refractivity contribution in [2.45, 2.75) is 6.92 Å². The van der Waals surface area contributed by atoms with Crippen LogP contribution in [0.2, 0.25) is 0 Å². The molecule has 0 bridgehead atoms. The molecule has 1 aromatic rings. The summed E-state index contributed by atoms with van der Waals surface area (Å²) in [5, 5.41) is 2.89. The van der Waals surface area contributed by atoms with E-state index >= 15 is 0 Å². The Labute approximate surface area is 94.6 Å². The molecule has 0 saturated heterocycles. The molecule has 0 radical (unpaired) electrons. The normalized spacial score (nSPS) is 10.4. The van der Waals surface area contributed by atoms with Gasteiger partial charge < -0.3 is 10.1 Å². The summed E-state index contributed by atoms with van der Waals surface area (Å²) in [6.45, 7) is 3.07. The average molecular weight is 225 g/mol. The summed E-state index contributed by atoms with van der Waals surface area (Å²) in [5.41, 5.74) is 1.02. The maximum atomic E-state index is 13.3. The maximum Gasteiger partial charge on any atom is 0.179 e. The minimum absolute atomic E-state index is 0.129. The van der Waals surface area contributed by atoms with E-state index in [0.717, 1.165) is 5.56 Å². The molecule has 0 heterocycles. The number of benzene rings is 1. The molecule has 3 nitrogen and oxygen atoms in total. The fraction of sp³-hybridized carbons (Fsp3) is 0.417. The number of halogens is 1. The summed E-state index contributed by atoms with van der Waals surface area (Å²) in [6, 6.07) is 4.53. The van der Waals surface area contributed by atoms with Gasteiger partial charge in [0, 0.05) is 13.7 Å². The molecule has 0 saturated carbocycles. The van der Waals surface area contributed by atoms with Gasteiger partial charge in [-0.25, -0.2) is 4.39 Å². The summed E-state index contributed by atoms with van der Waals surface area (Å²) in [5.74, 6) is -0.707. The largest absolute Gasteiger partial charge is 0.383 e. The Morgan fingerprint density at radius 3 is 2.94 bits per heavy atom. The van der Waals surface area contributed by atoms with Gasteiger partial charge in [-0.15, -0.1) is 0 Å². The van der Waals surface area contributed by atoms with E-state index in [1.54, 1.807) is 19.2 Å². The number of methoxy groups -OCH3 is 1. The third-order valence-electron chi connectivity index (χ3n) is 2.19. The van der Waals surface area contributed by atoms with E-state index in [4.69, 9.17) is 4.74 Å². The van der Waals surface area contributed by atoms with Crippen LogP contribution >= 0.6 is 0 Å². The molecule has 1 rings (SSSR count). The highest BCUT2D eigenvalue weighted by Gasteiger charge is 2.10. The minimum Gasteiger partial charge on any atom is -0.383 e. The summed E-state index contributed by atoms with van der Waals surface area (Å²) in [6.07, 6.45) is 0. The summed E-state index contributed by atoms with van der Waals surface area (Å²) in [4.78, 5) is 11.6. The molecule has 0 amide bonds. The van der Waals surface area contributed by atoms with Crippen molar-refractivity contribution < 1.29 is 13.9 Å². The molecule has 0 aliphatic carbocycles. The van der Waals surface area contributed by atoms with Gasteiger partial charge in [-0.2, -0.15) is 0 Å². The van der Waals surface area contributed by atoms with Gasteiger partial charge in [0.15, 0.2) is 5.78 Å². The Morgan fingerprint density at radius 2 is 2.25 bits per heavy atom. The molecule has 88 valence electrons. The highest BCUT2D eigenvalue weighted by atomic mass is 19.1. The summed E-state index contributed by atoms with van der Waals surface area (Å²) in [7, 11) is 1.59. The van der Waals surface area contributed by atoms with Crippen molar-refractivity contribution in [2.75, 3.05) is 26.8 Å². The Bertz CT molecular complexity index is 366. The molecule has 0 spiro atoms. The van der Waals surface area contributed by atoms with Crippen molar-refractivity contribution in [3.63, 3.8) is 0 Å². The Kier molecular flexibility index (Phi) is 5.08. The van der Waals surface area contributed by atoms with Crippen LogP contribution < -0.4 is 5.32 Å². The first-order valence-corrected chi connectivity index (χ1v) is 5.14. The Hall–Kier alpha value is -1.26. The van der Waals surface area contributed by atoms with E-state index in [1.165, 1.54) is 6.07 Å². The number of hydrogen-bond acceptors (Lipinski definition) is 3. The molecular weight excluding hydrogens is 209 g/mol. The lowest BCUT2D eigenvalue weighted by molar-refractivity contribution is 0.0983. The predicted octanol–water partition coefficient (Wildman–Crippen LogP) is 1.55. The van der Waals surface area contributed by atoms with Crippen LogP contribution in [0.25, 0.3) is 0 Å². The molecule has 0 fully saturated rings. The maximum absolute atomic E-state index is 13.3. The number of aryl methyl sites for hydroxylation is 1.